The molecule has 18 heavy (non-hydrogen) atoms. The SMILES string of the molecule is Cc1cc(C)cc(-c2nc3ccc(Cl)cc3s2)c1. The third kappa shape index (κ3) is 2.14. The number of nitrogens with zero attached hydrogens (tertiary/aromatic N) is 1. The number of rotatable bonds is 1. The number of aryl methyl sites for hydroxylation is 2. The maximum atomic E-state index is 6.00. The van der Waals surface area contributed by atoms with Gasteiger partial charge < -0.3 is 0 Å². The minimum absolute atomic E-state index is 0.762. The highest BCUT2D eigenvalue weighted by Crippen LogP contribution is 2.32. The summed E-state index contributed by atoms with van der Waals surface area (Å²) in [6, 6.07) is 12.3. The highest BCUT2D eigenvalue weighted by Gasteiger charge is 2.07. The number of hydrogen-bond acceptors (Lipinski definition) is 2. The Balaban J connectivity index is 2.19. The molecule has 0 amide bonds. The van der Waals surface area contributed by atoms with Gasteiger partial charge >= 0.3 is 0 Å². The molecule has 0 radical (unpaired) electrons. The van der Waals surface area contributed by atoms with E-state index < -0.39 is 0 Å². The van der Waals surface area contributed by atoms with Crippen LogP contribution in [-0.2, 0) is 0 Å². The first kappa shape index (κ1) is 11.7. The average molecular weight is 274 g/mol. The molecule has 0 fully saturated rings. The minimum Gasteiger partial charge on any atom is -0.236 e. The Bertz CT molecular complexity index is 710. The lowest BCUT2D eigenvalue weighted by Gasteiger charge is -2.00. The van der Waals surface area contributed by atoms with Crippen LogP contribution in [0.3, 0.4) is 0 Å². The fourth-order valence-electron chi connectivity index (χ4n) is 2.12. The molecule has 0 saturated heterocycles. The maximum absolute atomic E-state index is 6.00. The Kier molecular flexibility index (Phi) is 2.84. The van der Waals surface area contributed by atoms with Crippen molar-refractivity contribution in [3.8, 4) is 10.6 Å². The summed E-state index contributed by atoms with van der Waals surface area (Å²) >= 11 is 7.69. The second-order valence-corrected chi connectivity index (χ2v) is 5.97. The molecule has 1 heterocycles. The smallest absolute Gasteiger partial charge is 0.124 e. The van der Waals surface area contributed by atoms with Crippen LogP contribution in [0.2, 0.25) is 5.02 Å². The Morgan fingerprint density at radius 2 is 1.72 bits per heavy atom. The molecule has 0 aliphatic rings. The molecule has 1 nitrogen and oxygen atoms in total. The van der Waals surface area contributed by atoms with Crippen molar-refractivity contribution in [2.45, 2.75) is 13.8 Å². The van der Waals surface area contributed by atoms with Crippen LogP contribution in [0, 0.1) is 13.8 Å². The Labute approximate surface area is 115 Å². The van der Waals surface area contributed by atoms with Gasteiger partial charge in [0, 0.05) is 10.6 Å². The van der Waals surface area contributed by atoms with E-state index in [0.29, 0.717) is 0 Å². The zero-order valence-electron chi connectivity index (χ0n) is 10.2. The van der Waals surface area contributed by atoms with E-state index in [1.807, 2.05) is 18.2 Å². The van der Waals surface area contributed by atoms with Crippen LogP contribution in [0.25, 0.3) is 20.8 Å². The molecule has 0 spiro atoms. The third-order valence-corrected chi connectivity index (χ3v) is 4.12. The second kappa shape index (κ2) is 4.38. The third-order valence-electron chi connectivity index (χ3n) is 2.82. The van der Waals surface area contributed by atoms with Crippen LogP contribution in [0.15, 0.2) is 36.4 Å². The standard InChI is InChI=1S/C15H12ClNS/c1-9-5-10(2)7-11(6-9)15-17-13-4-3-12(16)8-14(13)18-15/h3-8H,1-2H3. The molecule has 0 atom stereocenters. The summed E-state index contributed by atoms with van der Waals surface area (Å²) in [6.45, 7) is 4.22. The van der Waals surface area contributed by atoms with Gasteiger partial charge in [0.2, 0.25) is 0 Å². The van der Waals surface area contributed by atoms with Crippen molar-refractivity contribution < 1.29 is 0 Å². The first-order valence-electron chi connectivity index (χ1n) is 5.76. The molecule has 0 bridgehead atoms. The summed E-state index contributed by atoms with van der Waals surface area (Å²) in [5, 5.41) is 1.82. The van der Waals surface area contributed by atoms with Crippen molar-refractivity contribution in [2.75, 3.05) is 0 Å². The Morgan fingerprint density at radius 3 is 2.44 bits per heavy atom. The number of benzene rings is 2. The number of thiazole rings is 1. The number of fused-ring (bicyclic) bond motifs is 1. The van der Waals surface area contributed by atoms with Crippen molar-refractivity contribution in [3.63, 3.8) is 0 Å². The van der Waals surface area contributed by atoms with E-state index in [4.69, 9.17) is 11.6 Å². The monoisotopic (exact) mass is 273 g/mol. The molecule has 90 valence electrons. The quantitative estimate of drug-likeness (QED) is 0.591. The van der Waals surface area contributed by atoms with E-state index in [1.165, 1.54) is 16.7 Å². The van der Waals surface area contributed by atoms with E-state index in [0.717, 1.165) is 20.2 Å². The first-order chi connectivity index (χ1) is 8.61. The van der Waals surface area contributed by atoms with Gasteiger partial charge in [-0.25, -0.2) is 4.98 Å². The molecule has 0 N–H and O–H groups in total. The molecule has 0 saturated carbocycles. The van der Waals surface area contributed by atoms with Crippen LogP contribution in [-0.4, -0.2) is 4.98 Å². The average Bonchev–Trinajstić information content (AvgIpc) is 2.70. The van der Waals surface area contributed by atoms with Gasteiger partial charge in [-0.15, -0.1) is 11.3 Å². The second-order valence-electron chi connectivity index (χ2n) is 4.51. The number of hydrogen-bond donors (Lipinski definition) is 0. The first-order valence-corrected chi connectivity index (χ1v) is 6.96. The van der Waals surface area contributed by atoms with Gasteiger partial charge in [-0.2, -0.15) is 0 Å². The Morgan fingerprint density at radius 1 is 1.00 bits per heavy atom. The van der Waals surface area contributed by atoms with Crippen molar-refractivity contribution in [3.05, 3.63) is 52.5 Å². The van der Waals surface area contributed by atoms with E-state index >= 15 is 0 Å². The maximum Gasteiger partial charge on any atom is 0.124 e. The summed E-state index contributed by atoms with van der Waals surface area (Å²) < 4.78 is 1.14. The fourth-order valence-corrected chi connectivity index (χ4v) is 3.35. The van der Waals surface area contributed by atoms with E-state index in [1.54, 1.807) is 11.3 Å². The van der Waals surface area contributed by atoms with Crippen LogP contribution in [0.1, 0.15) is 11.1 Å². The molecule has 0 aliphatic carbocycles. The molecule has 1 aromatic heterocycles. The highest BCUT2D eigenvalue weighted by atomic mass is 35.5. The summed E-state index contributed by atoms with van der Waals surface area (Å²) in [4.78, 5) is 4.67. The molecular formula is C15H12ClNS. The molecule has 2 aromatic carbocycles. The summed E-state index contributed by atoms with van der Waals surface area (Å²) in [5.74, 6) is 0. The van der Waals surface area contributed by atoms with Crippen molar-refractivity contribution in [1.82, 2.24) is 4.98 Å². The molecule has 0 aliphatic heterocycles. The number of aromatic nitrogens is 1. The highest BCUT2D eigenvalue weighted by molar-refractivity contribution is 7.21. The van der Waals surface area contributed by atoms with Gasteiger partial charge in [-0.1, -0.05) is 28.8 Å². The lowest BCUT2D eigenvalue weighted by Crippen LogP contribution is -1.81. The molecule has 3 heteroatoms. The van der Waals surface area contributed by atoms with E-state index in [2.05, 4.69) is 37.0 Å². The molecule has 3 aromatic rings. The van der Waals surface area contributed by atoms with Crippen molar-refractivity contribution in [1.29, 1.82) is 0 Å². The fraction of sp³-hybridized carbons (Fsp3) is 0.133. The van der Waals surface area contributed by atoms with Gasteiger partial charge in [0.1, 0.15) is 5.01 Å². The van der Waals surface area contributed by atoms with E-state index in [9.17, 15) is 0 Å². The largest absolute Gasteiger partial charge is 0.236 e. The predicted molar refractivity (Wildman–Crippen MR) is 79.5 cm³/mol. The van der Waals surface area contributed by atoms with Crippen LogP contribution in [0.4, 0.5) is 0 Å². The summed E-state index contributed by atoms with van der Waals surface area (Å²) in [5.41, 5.74) is 4.73. The van der Waals surface area contributed by atoms with Crippen LogP contribution >= 0.6 is 22.9 Å². The van der Waals surface area contributed by atoms with Crippen molar-refractivity contribution >= 4 is 33.2 Å². The van der Waals surface area contributed by atoms with Crippen LogP contribution < -0.4 is 0 Å². The van der Waals surface area contributed by atoms with Gasteiger partial charge in [0.15, 0.2) is 0 Å². The zero-order valence-corrected chi connectivity index (χ0v) is 11.8. The van der Waals surface area contributed by atoms with Gasteiger partial charge in [-0.05, 0) is 44.2 Å². The van der Waals surface area contributed by atoms with Crippen LogP contribution in [0.5, 0.6) is 0 Å². The summed E-state index contributed by atoms with van der Waals surface area (Å²) in [7, 11) is 0. The Hall–Kier alpha value is -1.38. The lowest BCUT2D eigenvalue weighted by molar-refractivity contribution is 1.37. The normalized spacial score (nSPS) is 11.1. The van der Waals surface area contributed by atoms with Gasteiger partial charge in [-0.3, -0.25) is 0 Å². The lowest BCUT2D eigenvalue weighted by atomic mass is 10.1. The molecule has 0 unspecified atom stereocenters. The summed E-state index contributed by atoms with van der Waals surface area (Å²) in [6.07, 6.45) is 0. The van der Waals surface area contributed by atoms with Gasteiger partial charge in [0.05, 0.1) is 10.2 Å². The number of halogens is 1. The predicted octanol–water partition coefficient (Wildman–Crippen LogP) is 5.23. The topological polar surface area (TPSA) is 12.9 Å². The molecule has 3 rings (SSSR count). The minimum atomic E-state index is 0.762. The zero-order chi connectivity index (χ0) is 12.7. The van der Waals surface area contributed by atoms with Crippen molar-refractivity contribution in [2.24, 2.45) is 0 Å². The van der Waals surface area contributed by atoms with Gasteiger partial charge in [0.25, 0.3) is 0 Å². The molecular weight excluding hydrogens is 262 g/mol. The van der Waals surface area contributed by atoms with E-state index in [-0.39, 0.29) is 0 Å².